The standard InChI is InChI=1S/C22H18F3N3O4S/c23-22(24,25)32-16-7-5-15(6-8-16)31-19-10-9-17(13-26-19)33-28-12-11-14-3-1-2-4-18(14)20(28)21(29)27-30/h1-10,13,20,30H,11-12H2,(H,27,29). The quantitative estimate of drug-likeness (QED) is 0.297. The van der Waals surface area contributed by atoms with Crippen molar-refractivity contribution >= 4 is 17.9 Å². The first kappa shape index (κ1) is 22.9. The number of aromatic nitrogens is 1. The Balaban J connectivity index is 1.43. The van der Waals surface area contributed by atoms with E-state index >= 15 is 0 Å². The molecule has 2 heterocycles. The highest BCUT2D eigenvalue weighted by atomic mass is 32.2. The van der Waals surface area contributed by atoms with E-state index in [1.165, 1.54) is 24.1 Å². The molecule has 3 aromatic rings. The van der Waals surface area contributed by atoms with Gasteiger partial charge >= 0.3 is 6.36 Å². The van der Waals surface area contributed by atoms with Gasteiger partial charge in [0.1, 0.15) is 17.5 Å². The van der Waals surface area contributed by atoms with Gasteiger partial charge in [-0.3, -0.25) is 10.0 Å². The van der Waals surface area contributed by atoms with E-state index in [4.69, 9.17) is 4.74 Å². The molecule has 0 radical (unpaired) electrons. The molecule has 1 amide bonds. The number of benzene rings is 2. The summed E-state index contributed by atoms with van der Waals surface area (Å²) >= 11 is 1.32. The van der Waals surface area contributed by atoms with E-state index < -0.39 is 18.3 Å². The van der Waals surface area contributed by atoms with E-state index in [0.29, 0.717) is 12.3 Å². The Morgan fingerprint density at radius 2 is 1.82 bits per heavy atom. The van der Waals surface area contributed by atoms with E-state index in [-0.39, 0.29) is 11.6 Å². The van der Waals surface area contributed by atoms with Gasteiger partial charge in [-0.25, -0.2) is 14.8 Å². The van der Waals surface area contributed by atoms with Crippen molar-refractivity contribution in [1.82, 2.24) is 14.8 Å². The Bertz CT molecular complexity index is 1110. The van der Waals surface area contributed by atoms with E-state index in [0.717, 1.165) is 34.6 Å². The molecular weight excluding hydrogens is 459 g/mol. The van der Waals surface area contributed by atoms with Crippen molar-refractivity contribution in [3.63, 3.8) is 0 Å². The molecule has 1 aliphatic heterocycles. The number of alkyl halides is 3. The van der Waals surface area contributed by atoms with Crippen LogP contribution in [0.1, 0.15) is 17.2 Å². The van der Waals surface area contributed by atoms with Gasteiger partial charge in [-0.05, 0) is 59.8 Å². The van der Waals surface area contributed by atoms with Gasteiger partial charge in [0.2, 0.25) is 5.88 Å². The first-order valence-corrected chi connectivity index (χ1v) is 10.6. The molecule has 1 unspecified atom stereocenters. The Morgan fingerprint density at radius 1 is 1.09 bits per heavy atom. The molecule has 1 atom stereocenters. The van der Waals surface area contributed by atoms with Crippen LogP contribution in [0, 0.1) is 0 Å². The number of halogens is 3. The Labute approximate surface area is 191 Å². The van der Waals surface area contributed by atoms with Crippen LogP contribution in [0.5, 0.6) is 17.4 Å². The lowest BCUT2D eigenvalue weighted by atomic mass is 9.94. The minimum Gasteiger partial charge on any atom is -0.439 e. The molecule has 4 rings (SSSR count). The van der Waals surface area contributed by atoms with Crippen molar-refractivity contribution in [3.05, 3.63) is 78.0 Å². The third kappa shape index (κ3) is 5.75. The molecule has 7 nitrogen and oxygen atoms in total. The second kappa shape index (κ2) is 9.69. The van der Waals surface area contributed by atoms with Gasteiger partial charge < -0.3 is 9.47 Å². The van der Waals surface area contributed by atoms with E-state index in [2.05, 4.69) is 9.72 Å². The van der Waals surface area contributed by atoms with Crippen LogP contribution in [0.3, 0.4) is 0 Å². The van der Waals surface area contributed by atoms with Crippen molar-refractivity contribution in [3.8, 4) is 17.4 Å². The summed E-state index contributed by atoms with van der Waals surface area (Å²) in [5.41, 5.74) is 3.62. The summed E-state index contributed by atoms with van der Waals surface area (Å²) in [6.07, 6.45) is -2.44. The molecule has 33 heavy (non-hydrogen) atoms. The molecule has 1 aliphatic rings. The smallest absolute Gasteiger partial charge is 0.439 e. The van der Waals surface area contributed by atoms with Crippen LogP contribution in [0.15, 0.2) is 71.8 Å². The number of carbonyl (C=O) groups excluding carboxylic acids is 1. The van der Waals surface area contributed by atoms with Crippen LogP contribution in [0.4, 0.5) is 13.2 Å². The van der Waals surface area contributed by atoms with Crippen molar-refractivity contribution in [1.29, 1.82) is 0 Å². The van der Waals surface area contributed by atoms with Gasteiger partial charge in [0.05, 0.1) is 0 Å². The Morgan fingerprint density at radius 3 is 2.48 bits per heavy atom. The molecule has 0 bridgehead atoms. The summed E-state index contributed by atoms with van der Waals surface area (Å²) in [7, 11) is 0. The predicted octanol–water partition coefficient (Wildman–Crippen LogP) is 4.88. The number of pyridine rings is 1. The van der Waals surface area contributed by atoms with Gasteiger partial charge in [-0.15, -0.1) is 13.2 Å². The summed E-state index contributed by atoms with van der Waals surface area (Å²) < 4.78 is 48.0. The first-order valence-electron chi connectivity index (χ1n) is 9.78. The largest absolute Gasteiger partial charge is 0.573 e. The fraction of sp³-hybridized carbons (Fsp3) is 0.182. The van der Waals surface area contributed by atoms with E-state index in [1.807, 2.05) is 28.6 Å². The van der Waals surface area contributed by atoms with Crippen molar-refractivity contribution < 1.29 is 32.6 Å². The molecule has 2 aromatic carbocycles. The van der Waals surface area contributed by atoms with Crippen LogP contribution in [0.2, 0.25) is 0 Å². The molecule has 0 aliphatic carbocycles. The molecule has 11 heteroatoms. The Kier molecular flexibility index (Phi) is 6.72. The lowest BCUT2D eigenvalue weighted by Crippen LogP contribution is -2.40. The number of ether oxygens (including phenoxy) is 2. The number of hydrogen-bond donors (Lipinski definition) is 2. The lowest BCUT2D eigenvalue weighted by Gasteiger charge is -2.34. The third-order valence-electron chi connectivity index (χ3n) is 4.81. The SMILES string of the molecule is O=C(NO)C1c2ccccc2CCN1Sc1ccc(Oc2ccc(OC(F)(F)F)cc2)nc1. The summed E-state index contributed by atoms with van der Waals surface area (Å²) in [5, 5.41) is 9.22. The molecule has 0 spiro atoms. The summed E-state index contributed by atoms with van der Waals surface area (Å²) in [6, 6.07) is 15.3. The molecule has 172 valence electrons. The number of hydrogen-bond acceptors (Lipinski definition) is 7. The number of hydroxylamine groups is 1. The van der Waals surface area contributed by atoms with Crippen molar-refractivity contribution in [2.75, 3.05) is 6.54 Å². The topological polar surface area (TPSA) is 83.9 Å². The zero-order chi connectivity index (χ0) is 23.4. The molecule has 2 N–H and O–H groups in total. The summed E-state index contributed by atoms with van der Waals surface area (Å²) in [6.45, 7) is 0.588. The highest BCUT2D eigenvalue weighted by molar-refractivity contribution is 7.97. The molecule has 1 aromatic heterocycles. The van der Waals surface area contributed by atoms with Crippen LogP contribution in [-0.2, 0) is 11.2 Å². The number of nitrogens with zero attached hydrogens (tertiary/aromatic N) is 2. The second-order valence-corrected chi connectivity index (χ2v) is 8.14. The second-order valence-electron chi connectivity index (χ2n) is 7.01. The van der Waals surface area contributed by atoms with Crippen LogP contribution in [0.25, 0.3) is 0 Å². The fourth-order valence-corrected chi connectivity index (χ4v) is 4.42. The Hall–Kier alpha value is -3.28. The highest BCUT2D eigenvalue weighted by Gasteiger charge is 2.33. The third-order valence-corrected chi connectivity index (χ3v) is 5.89. The van der Waals surface area contributed by atoms with Gasteiger partial charge in [0, 0.05) is 23.7 Å². The average molecular weight is 477 g/mol. The number of nitrogens with one attached hydrogen (secondary N) is 1. The maximum Gasteiger partial charge on any atom is 0.573 e. The first-order chi connectivity index (χ1) is 15.8. The zero-order valence-electron chi connectivity index (χ0n) is 17.0. The predicted molar refractivity (Wildman–Crippen MR) is 113 cm³/mol. The molecule has 0 saturated heterocycles. The fourth-order valence-electron chi connectivity index (χ4n) is 3.42. The van der Waals surface area contributed by atoms with Crippen LogP contribution < -0.4 is 15.0 Å². The molecule has 0 saturated carbocycles. The maximum absolute atomic E-state index is 12.4. The summed E-state index contributed by atoms with van der Waals surface area (Å²) in [5.74, 6) is -0.332. The minimum atomic E-state index is -4.76. The molecular formula is C22H18F3N3O4S. The highest BCUT2D eigenvalue weighted by Crippen LogP contribution is 2.38. The van der Waals surface area contributed by atoms with E-state index in [9.17, 15) is 23.2 Å². The minimum absolute atomic E-state index is 0.248. The summed E-state index contributed by atoms with van der Waals surface area (Å²) in [4.78, 5) is 17.3. The van der Waals surface area contributed by atoms with Gasteiger partial charge in [0.15, 0.2) is 0 Å². The zero-order valence-corrected chi connectivity index (χ0v) is 17.8. The van der Waals surface area contributed by atoms with Gasteiger partial charge in [-0.1, -0.05) is 24.3 Å². The number of fused-ring (bicyclic) bond motifs is 1. The monoisotopic (exact) mass is 477 g/mol. The van der Waals surface area contributed by atoms with Gasteiger partial charge in [-0.2, -0.15) is 0 Å². The van der Waals surface area contributed by atoms with Crippen LogP contribution in [-0.4, -0.2) is 33.3 Å². The maximum atomic E-state index is 12.4. The van der Waals surface area contributed by atoms with E-state index in [1.54, 1.807) is 23.8 Å². The van der Waals surface area contributed by atoms with Gasteiger partial charge in [0.25, 0.3) is 5.91 Å². The number of amides is 1. The van der Waals surface area contributed by atoms with Crippen molar-refractivity contribution in [2.24, 2.45) is 0 Å². The van der Waals surface area contributed by atoms with Crippen molar-refractivity contribution in [2.45, 2.75) is 23.7 Å². The number of carbonyl (C=O) groups is 1. The molecule has 0 fully saturated rings. The normalized spacial score (nSPS) is 16.1. The number of rotatable bonds is 6. The van der Waals surface area contributed by atoms with Crippen LogP contribution >= 0.6 is 11.9 Å². The average Bonchev–Trinajstić information content (AvgIpc) is 2.80. The lowest BCUT2D eigenvalue weighted by molar-refractivity contribution is -0.274.